The Balaban J connectivity index is 1.92. The molecule has 0 bridgehead atoms. The van der Waals surface area contributed by atoms with Crippen LogP contribution in [0.1, 0.15) is 23.6 Å². The molecule has 0 atom stereocenters. The first-order chi connectivity index (χ1) is 14.4. The van der Waals surface area contributed by atoms with E-state index < -0.39 is 5.97 Å². The van der Waals surface area contributed by atoms with Crippen LogP contribution in [0.15, 0.2) is 72.8 Å². The summed E-state index contributed by atoms with van der Waals surface area (Å²) < 4.78 is 20.2. The zero-order chi connectivity index (χ0) is 21.7. The number of benzene rings is 3. The van der Waals surface area contributed by atoms with E-state index in [1.807, 2.05) is 49.4 Å². The lowest BCUT2D eigenvalue weighted by Crippen LogP contribution is -2.07. The number of rotatable bonds is 7. The number of carbonyl (C=O) groups excluding carboxylic acids is 1. The van der Waals surface area contributed by atoms with Crippen LogP contribution in [-0.2, 0) is 22.6 Å². The normalized spacial score (nSPS) is 10.7. The highest BCUT2D eigenvalue weighted by molar-refractivity contribution is 5.87. The predicted octanol–water partition coefficient (Wildman–Crippen LogP) is 5.62. The summed E-state index contributed by atoms with van der Waals surface area (Å²) in [5.41, 5.74) is 5.97. The number of hydrogen-bond donors (Lipinski definition) is 1. The average molecular weight is 404 g/mol. The molecular formula is C26H25FO3. The summed E-state index contributed by atoms with van der Waals surface area (Å²) in [5, 5.41) is 9.31. The van der Waals surface area contributed by atoms with Crippen molar-refractivity contribution < 1.29 is 19.0 Å². The van der Waals surface area contributed by atoms with Crippen LogP contribution >= 0.6 is 0 Å². The fourth-order valence-corrected chi connectivity index (χ4v) is 3.23. The molecule has 0 saturated carbocycles. The van der Waals surface area contributed by atoms with Crippen molar-refractivity contribution in [2.24, 2.45) is 0 Å². The van der Waals surface area contributed by atoms with Gasteiger partial charge in [-0.25, -0.2) is 9.18 Å². The largest absolute Gasteiger partial charge is 0.457 e. The van der Waals surface area contributed by atoms with Gasteiger partial charge in [-0.15, -0.1) is 0 Å². The summed E-state index contributed by atoms with van der Waals surface area (Å²) in [6.45, 7) is 7.18. The Morgan fingerprint density at radius 2 is 1.63 bits per heavy atom. The molecule has 0 unspecified atom stereocenters. The number of aliphatic hydroxyl groups is 1. The SMILES string of the molecule is C=C(C)C(=O)OCc1cc(-c2ccc(-c3ccc(C)cc3)cc2F)ccc1CCO. The molecule has 0 saturated heterocycles. The van der Waals surface area contributed by atoms with Gasteiger partial charge in [-0.3, -0.25) is 0 Å². The minimum atomic E-state index is -0.482. The molecule has 3 aromatic rings. The molecule has 154 valence electrons. The molecule has 0 spiro atoms. The highest BCUT2D eigenvalue weighted by atomic mass is 19.1. The molecule has 0 fully saturated rings. The van der Waals surface area contributed by atoms with Gasteiger partial charge in [0.1, 0.15) is 12.4 Å². The van der Waals surface area contributed by atoms with Crippen molar-refractivity contribution in [2.45, 2.75) is 26.9 Å². The Labute approximate surface area is 176 Å². The van der Waals surface area contributed by atoms with Crippen molar-refractivity contribution >= 4 is 5.97 Å². The highest BCUT2D eigenvalue weighted by Crippen LogP contribution is 2.30. The second kappa shape index (κ2) is 9.51. The molecule has 0 heterocycles. The van der Waals surface area contributed by atoms with Gasteiger partial charge < -0.3 is 9.84 Å². The van der Waals surface area contributed by atoms with E-state index in [1.54, 1.807) is 19.1 Å². The molecular weight excluding hydrogens is 379 g/mol. The van der Waals surface area contributed by atoms with E-state index >= 15 is 0 Å². The maximum atomic E-state index is 15.0. The minimum absolute atomic E-state index is 0.0274. The highest BCUT2D eigenvalue weighted by Gasteiger charge is 2.12. The van der Waals surface area contributed by atoms with Crippen LogP contribution in [0.5, 0.6) is 0 Å². The predicted molar refractivity (Wildman–Crippen MR) is 117 cm³/mol. The van der Waals surface area contributed by atoms with Crippen LogP contribution in [0.2, 0.25) is 0 Å². The summed E-state index contributed by atoms with van der Waals surface area (Å²) in [4.78, 5) is 11.8. The zero-order valence-corrected chi connectivity index (χ0v) is 17.2. The van der Waals surface area contributed by atoms with Gasteiger partial charge in [0.2, 0.25) is 0 Å². The fraction of sp³-hybridized carbons (Fsp3) is 0.192. The van der Waals surface area contributed by atoms with E-state index in [2.05, 4.69) is 6.58 Å². The van der Waals surface area contributed by atoms with E-state index in [0.717, 1.165) is 27.8 Å². The first-order valence-electron chi connectivity index (χ1n) is 9.81. The van der Waals surface area contributed by atoms with Gasteiger partial charge in [0, 0.05) is 17.7 Å². The second-order valence-electron chi connectivity index (χ2n) is 7.37. The lowest BCUT2D eigenvalue weighted by molar-refractivity contribution is -0.140. The first-order valence-corrected chi connectivity index (χ1v) is 9.81. The van der Waals surface area contributed by atoms with Crippen LogP contribution in [-0.4, -0.2) is 17.7 Å². The number of esters is 1. The maximum absolute atomic E-state index is 15.0. The number of carbonyl (C=O) groups is 1. The summed E-state index contributed by atoms with van der Waals surface area (Å²) in [5.74, 6) is -0.808. The van der Waals surface area contributed by atoms with Crippen molar-refractivity contribution in [3.63, 3.8) is 0 Å². The van der Waals surface area contributed by atoms with E-state index in [4.69, 9.17) is 4.74 Å². The Kier molecular flexibility index (Phi) is 6.80. The van der Waals surface area contributed by atoms with E-state index in [1.165, 1.54) is 6.07 Å². The summed E-state index contributed by atoms with van der Waals surface area (Å²) in [6, 6.07) is 18.6. The second-order valence-corrected chi connectivity index (χ2v) is 7.37. The Hall–Kier alpha value is -3.24. The topological polar surface area (TPSA) is 46.5 Å². The monoisotopic (exact) mass is 404 g/mol. The number of halogens is 1. The number of aryl methyl sites for hydroxylation is 1. The fourth-order valence-electron chi connectivity index (χ4n) is 3.23. The minimum Gasteiger partial charge on any atom is -0.457 e. The lowest BCUT2D eigenvalue weighted by Gasteiger charge is -2.13. The van der Waals surface area contributed by atoms with Crippen molar-refractivity contribution in [3.05, 3.63) is 95.3 Å². The van der Waals surface area contributed by atoms with Crippen molar-refractivity contribution in [2.75, 3.05) is 6.61 Å². The molecule has 0 amide bonds. The van der Waals surface area contributed by atoms with Crippen molar-refractivity contribution in [1.82, 2.24) is 0 Å². The Bertz CT molecular complexity index is 1070. The summed E-state index contributed by atoms with van der Waals surface area (Å²) >= 11 is 0. The molecule has 4 heteroatoms. The first kappa shape index (κ1) is 21.5. The van der Waals surface area contributed by atoms with E-state index in [-0.39, 0.29) is 19.0 Å². The van der Waals surface area contributed by atoms with Crippen LogP contribution in [0.4, 0.5) is 4.39 Å². The quantitative estimate of drug-likeness (QED) is 0.410. The van der Waals surface area contributed by atoms with Crippen molar-refractivity contribution in [3.8, 4) is 22.3 Å². The summed E-state index contributed by atoms with van der Waals surface area (Å²) in [7, 11) is 0. The molecule has 3 nitrogen and oxygen atoms in total. The van der Waals surface area contributed by atoms with Gasteiger partial charge in [0.25, 0.3) is 0 Å². The van der Waals surface area contributed by atoms with Crippen molar-refractivity contribution in [1.29, 1.82) is 0 Å². The number of hydrogen-bond acceptors (Lipinski definition) is 3. The summed E-state index contributed by atoms with van der Waals surface area (Å²) in [6.07, 6.45) is 0.426. The molecule has 30 heavy (non-hydrogen) atoms. The molecule has 0 aromatic heterocycles. The standard InChI is InChI=1S/C26H25FO3/c1-17(2)26(29)30-16-23-14-22(9-8-20(23)12-13-28)24-11-10-21(15-25(24)27)19-6-4-18(3)5-7-19/h4-11,14-15,28H,1,12-13,16H2,2-3H3. The molecule has 0 aliphatic carbocycles. The molecule has 0 aliphatic rings. The molecule has 1 N–H and O–H groups in total. The van der Waals surface area contributed by atoms with E-state index in [0.29, 0.717) is 23.1 Å². The van der Waals surface area contributed by atoms with Gasteiger partial charge in [0.05, 0.1) is 0 Å². The Morgan fingerprint density at radius 1 is 0.967 bits per heavy atom. The third-order valence-corrected chi connectivity index (χ3v) is 4.96. The number of ether oxygens (including phenoxy) is 1. The number of aliphatic hydroxyl groups excluding tert-OH is 1. The lowest BCUT2D eigenvalue weighted by atomic mass is 9.95. The third kappa shape index (κ3) is 5.02. The van der Waals surface area contributed by atoms with Gasteiger partial charge >= 0.3 is 5.97 Å². The van der Waals surface area contributed by atoms with E-state index in [9.17, 15) is 14.3 Å². The zero-order valence-electron chi connectivity index (χ0n) is 17.2. The Morgan fingerprint density at radius 3 is 2.27 bits per heavy atom. The molecule has 0 radical (unpaired) electrons. The van der Waals surface area contributed by atoms with Crippen LogP contribution in [0.3, 0.4) is 0 Å². The smallest absolute Gasteiger partial charge is 0.333 e. The van der Waals surface area contributed by atoms with Crippen LogP contribution < -0.4 is 0 Å². The van der Waals surface area contributed by atoms with Crippen LogP contribution in [0, 0.1) is 12.7 Å². The molecule has 0 aliphatic heterocycles. The van der Waals surface area contributed by atoms with Gasteiger partial charge in [-0.2, -0.15) is 0 Å². The molecule has 3 aromatic carbocycles. The average Bonchev–Trinajstić information content (AvgIpc) is 2.73. The van der Waals surface area contributed by atoms with Gasteiger partial charge in [0.15, 0.2) is 0 Å². The van der Waals surface area contributed by atoms with Gasteiger partial charge in [-0.05, 0) is 60.2 Å². The maximum Gasteiger partial charge on any atom is 0.333 e. The van der Waals surface area contributed by atoms with Crippen LogP contribution in [0.25, 0.3) is 22.3 Å². The molecule has 3 rings (SSSR count). The third-order valence-electron chi connectivity index (χ3n) is 4.96. The van der Waals surface area contributed by atoms with Gasteiger partial charge in [-0.1, -0.05) is 60.7 Å².